The van der Waals surface area contributed by atoms with Crippen LogP contribution >= 0.6 is 11.6 Å². The Morgan fingerprint density at radius 3 is 2.84 bits per heavy atom. The number of rotatable bonds is 5. The Kier molecular flexibility index (Phi) is 6.33. The molecule has 0 bridgehead atoms. The number of aryl methyl sites for hydroxylation is 1. The molecule has 1 amide bonds. The Morgan fingerprint density at radius 1 is 1.31 bits per heavy atom. The molecule has 32 heavy (non-hydrogen) atoms. The van der Waals surface area contributed by atoms with E-state index in [1.54, 1.807) is 24.1 Å². The first-order valence-corrected chi connectivity index (χ1v) is 11.2. The third-order valence-electron chi connectivity index (χ3n) is 6.80. The highest BCUT2D eigenvalue weighted by Crippen LogP contribution is 2.34. The quantitative estimate of drug-likeness (QED) is 0.582. The molecular weight excluding hydrogens is 433 g/mol. The van der Waals surface area contributed by atoms with E-state index in [1.165, 1.54) is 27.8 Å². The molecule has 1 aliphatic rings. The number of hydrogen-bond donors (Lipinski definition) is 0. The van der Waals surface area contributed by atoms with Crippen LogP contribution in [0.2, 0.25) is 5.02 Å². The number of halogens is 2. The maximum absolute atomic E-state index is 14.6. The first-order valence-electron chi connectivity index (χ1n) is 10.9. The zero-order chi connectivity index (χ0) is 23.0. The van der Waals surface area contributed by atoms with E-state index in [-0.39, 0.29) is 41.5 Å². The van der Waals surface area contributed by atoms with E-state index < -0.39 is 5.82 Å². The van der Waals surface area contributed by atoms with Crippen molar-refractivity contribution in [2.75, 3.05) is 0 Å². The van der Waals surface area contributed by atoms with E-state index in [0.717, 1.165) is 19.3 Å². The summed E-state index contributed by atoms with van der Waals surface area (Å²) in [7, 11) is 1.70. The highest BCUT2D eigenvalue weighted by molar-refractivity contribution is 6.31. The summed E-state index contributed by atoms with van der Waals surface area (Å²) in [5.74, 6) is -0.0185. The van der Waals surface area contributed by atoms with Crippen molar-refractivity contribution < 1.29 is 9.18 Å². The van der Waals surface area contributed by atoms with Gasteiger partial charge in [0.15, 0.2) is 5.65 Å². The number of hydrogen-bond acceptors (Lipinski definition) is 4. The number of nitrogens with zero attached hydrogens (tertiary/aromatic N) is 5. The summed E-state index contributed by atoms with van der Waals surface area (Å²) in [6.45, 7) is 4.19. The Labute approximate surface area is 190 Å². The molecule has 2 heterocycles. The van der Waals surface area contributed by atoms with Gasteiger partial charge in [-0.15, -0.1) is 0 Å². The van der Waals surface area contributed by atoms with Gasteiger partial charge in [0.05, 0.1) is 12.7 Å². The smallest absolute Gasteiger partial charge is 0.264 e. The van der Waals surface area contributed by atoms with Gasteiger partial charge in [-0.2, -0.15) is 5.10 Å². The number of aromatic nitrogens is 4. The fourth-order valence-electron chi connectivity index (χ4n) is 4.65. The molecule has 3 aromatic rings. The molecule has 2 aromatic heterocycles. The molecule has 0 N–H and O–H groups in total. The molecule has 7 nitrogen and oxygen atoms in total. The number of carbonyl (C=O) groups is 1. The van der Waals surface area contributed by atoms with Gasteiger partial charge in [0, 0.05) is 23.7 Å². The summed E-state index contributed by atoms with van der Waals surface area (Å²) in [4.78, 5) is 32.4. The van der Waals surface area contributed by atoms with Crippen molar-refractivity contribution in [3.8, 4) is 0 Å². The lowest BCUT2D eigenvalue weighted by Crippen LogP contribution is -2.48. The molecule has 3 atom stereocenters. The second-order valence-corrected chi connectivity index (χ2v) is 9.15. The van der Waals surface area contributed by atoms with Gasteiger partial charge < -0.3 is 4.90 Å². The van der Waals surface area contributed by atoms with Crippen LogP contribution in [0.4, 0.5) is 4.39 Å². The highest BCUT2D eigenvalue weighted by Gasteiger charge is 2.35. The minimum atomic E-state index is -0.442. The molecule has 0 saturated heterocycles. The Hall–Kier alpha value is -2.74. The summed E-state index contributed by atoms with van der Waals surface area (Å²) in [6.07, 6.45) is 5.74. The molecule has 1 fully saturated rings. The molecule has 4 rings (SSSR count). The Bertz CT molecular complexity index is 1190. The standard InChI is InChI=1S/C23H27ClFN5O2/c1-14-6-4-9-20(15(14)2)30(11-17-18(24)7-5-8-19(17)25)21(31)12-29-13-26-22-16(23(29)32)10-27-28(22)3/h5,7-8,10,13-15,20H,4,6,9,11-12H2,1-3H3. The van der Waals surface area contributed by atoms with Crippen LogP contribution in [0.3, 0.4) is 0 Å². The maximum atomic E-state index is 14.6. The van der Waals surface area contributed by atoms with Crippen molar-refractivity contribution >= 4 is 28.5 Å². The molecule has 0 radical (unpaired) electrons. The predicted molar refractivity (Wildman–Crippen MR) is 121 cm³/mol. The molecule has 1 saturated carbocycles. The summed E-state index contributed by atoms with van der Waals surface area (Å²) >= 11 is 6.28. The summed E-state index contributed by atoms with van der Waals surface area (Å²) < 4.78 is 17.4. The number of carbonyl (C=O) groups excluding carboxylic acids is 1. The topological polar surface area (TPSA) is 73.0 Å². The normalized spacial score (nSPS) is 21.1. The van der Waals surface area contributed by atoms with Gasteiger partial charge in [0.25, 0.3) is 5.56 Å². The van der Waals surface area contributed by atoms with E-state index >= 15 is 0 Å². The monoisotopic (exact) mass is 459 g/mol. The van der Waals surface area contributed by atoms with E-state index in [4.69, 9.17) is 11.6 Å². The van der Waals surface area contributed by atoms with E-state index in [9.17, 15) is 14.0 Å². The maximum Gasteiger partial charge on any atom is 0.264 e. The highest BCUT2D eigenvalue weighted by atomic mass is 35.5. The average Bonchev–Trinajstić information content (AvgIpc) is 3.14. The van der Waals surface area contributed by atoms with Crippen LogP contribution in [0.25, 0.3) is 11.0 Å². The Balaban J connectivity index is 1.68. The minimum Gasteiger partial charge on any atom is -0.333 e. The zero-order valence-corrected chi connectivity index (χ0v) is 19.2. The van der Waals surface area contributed by atoms with Gasteiger partial charge in [-0.25, -0.2) is 9.37 Å². The third kappa shape index (κ3) is 4.16. The first kappa shape index (κ1) is 22.5. The summed E-state index contributed by atoms with van der Waals surface area (Å²) in [5.41, 5.74) is 0.426. The van der Waals surface area contributed by atoms with Crippen molar-refractivity contribution in [2.24, 2.45) is 18.9 Å². The molecule has 0 aliphatic heterocycles. The first-order chi connectivity index (χ1) is 15.3. The van der Waals surface area contributed by atoms with Crippen LogP contribution in [-0.2, 0) is 24.9 Å². The lowest BCUT2D eigenvalue weighted by atomic mass is 9.77. The van der Waals surface area contributed by atoms with Crippen molar-refractivity contribution in [3.05, 3.63) is 57.5 Å². The van der Waals surface area contributed by atoms with E-state index in [1.807, 2.05) is 0 Å². The van der Waals surface area contributed by atoms with Crippen molar-refractivity contribution in [1.82, 2.24) is 24.2 Å². The van der Waals surface area contributed by atoms with Gasteiger partial charge in [0.2, 0.25) is 5.91 Å². The zero-order valence-electron chi connectivity index (χ0n) is 18.5. The second kappa shape index (κ2) is 9.02. The van der Waals surface area contributed by atoms with Gasteiger partial charge in [-0.05, 0) is 30.4 Å². The van der Waals surface area contributed by atoms with Crippen LogP contribution < -0.4 is 5.56 Å². The minimum absolute atomic E-state index is 0.0589. The van der Waals surface area contributed by atoms with E-state index in [0.29, 0.717) is 22.5 Å². The van der Waals surface area contributed by atoms with Crippen LogP contribution in [-0.4, -0.2) is 36.2 Å². The van der Waals surface area contributed by atoms with Gasteiger partial charge in [0.1, 0.15) is 24.1 Å². The van der Waals surface area contributed by atoms with E-state index in [2.05, 4.69) is 23.9 Å². The number of amides is 1. The van der Waals surface area contributed by atoms with Crippen molar-refractivity contribution in [1.29, 1.82) is 0 Å². The molecule has 3 unspecified atom stereocenters. The molecule has 1 aromatic carbocycles. The van der Waals surface area contributed by atoms with Gasteiger partial charge in [-0.1, -0.05) is 44.4 Å². The van der Waals surface area contributed by atoms with Crippen LogP contribution in [0.5, 0.6) is 0 Å². The predicted octanol–water partition coefficient (Wildman–Crippen LogP) is 3.78. The second-order valence-electron chi connectivity index (χ2n) is 8.74. The fraction of sp³-hybridized carbons (Fsp3) is 0.478. The lowest BCUT2D eigenvalue weighted by Gasteiger charge is -2.42. The van der Waals surface area contributed by atoms with Gasteiger partial charge >= 0.3 is 0 Å². The lowest BCUT2D eigenvalue weighted by molar-refractivity contribution is -0.137. The number of fused-ring (bicyclic) bond motifs is 1. The van der Waals surface area contributed by atoms with Crippen molar-refractivity contribution in [3.63, 3.8) is 0 Å². The fourth-order valence-corrected chi connectivity index (χ4v) is 4.88. The number of benzene rings is 1. The average molecular weight is 460 g/mol. The summed E-state index contributed by atoms with van der Waals surface area (Å²) in [5, 5.41) is 4.71. The molecule has 9 heteroatoms. The molecule has 170 valence electrons. The largest absolute Gasteiger partial charge is 0.333 e. The van der Waals surface area contributed by atoms with Gasteiger partial charge in [-0.3, -0.25) is 18.8 Å². The van der Waals surface area contributed by atoms with Crippen LogP contribution in [0.1, 0.15) is 38.7 Å². The van der Waals surface area contributed by atoms with Crippen LogP contribution in [0, 0.1) is 17.7 Å². The molecule has 1 aliphatic carbocycles. The Morgan fingerprint density at radius 2 is 2.09 bits per heavy atom. The molecular formula is C23H27ClFN5O2. The SMILES string of the molecule is CC1CCCC(N(Cc2c(F)cccc2Cl)C(=O)Cn2cnc3c(cnn3C)c2=O)C1C. The van der Waals surface area contributed by atoms with Crippen molar-refractivity contribution in [2.45, 2.75) is 52.2 Å². The third-order valence-corrected chi connectivity index (χ3v) is 7.15. The molecule has 0 spiro atoms. The summed E-state index contributed by atoms with van der Waals surface area (Å²) in [6, 6.07) is 4.46. The van der Waals surface area contributed by atoms with Crippen LogP contribution in [0.15, 0.2) is 35.5 Å².